The average molecular weight is 179 g/mol. The molecule has 0 aromatic heterocycles. The molecule has 0 saturated carbocycles. The molecule has 0 unspecified atom stereocenters. The molecule has 0 atom stereocenters. The molecule has 0 radical (unpaired) electrons. The third-order valence-corrected chi connectivity index (χ3v) is 2.12. The molecule has 0 saturated heterocycles. The Bertz CT molecular complexity index is 243. The summed E-state index contributed by atoms with van der Waals surface area (Å²) in [5.41, 5.74) is 2.90. The van der Waals surface area contributed by atoms with E-state index < -0.39 is 0 Å². The normalized spacial score (nSPS) is 12.4. The van der Waals surface area contributed by atoms with E-state index in [2.05, 4.69) is 36.2 Å². The van der Waals surface area contributed by atoms with Gasteiger partial charge in [0.25, 0.3) is 0 Å². The first-order chi connectivity index (χ1) is 5.88. The number of nitrogens with zero attached hydrogens (tertiary/aromatic N) is 1. The van der Waals surface area contributed by atoms with Crippen molar-refractivity contribution in [3.63, 3.8) is 0 Å². The van der Waals surface area contributed by atoms with E-state index in [0.29, 0.717) is 0 Å². The van der Waals surface area contributed by atoms with E-state index in [1.165, 1.54) is 24.2 Å². The molecule has 74 valence electrons. The van der Waals surface area contributed by atoms with Crippen molar-refractivity contribution in [2.75, 3.05) is 18.5 Å². The minimum absolute atomic E-state index is 0. The number of hydrogen-bond acceptors (Lipinski definition) is 1. The van der Waals surface area contributed by atoms with Gasteiger partial charge in [-0.05, 0) is 18.1 Å². The summed E-state index contributed by atoms with van der Waals surface area (Å²) in [6, 6.07) is 8.60. The molecule has 1 aliphatic heterocycles. The molecule has 0 aliphatic carbocycles. The van der Waals surface area contributed by atoms with Gasteiger partial charge in [0.2, 0.25) is 0 Å². The van der Waals surface area contributed by atoms with Crippen molar-refractivity contribution in [2.24, 2.45) is 0 Å². The Morgan fingerprint density at radius 2 is 1.77 bits per heavy atom. The Labute approximate surface area is 82.4 Å². The van der Waals surface area contributed by atoms with Gasteiger partial charge in [0.05, 0.1) is 0 Å². The van der Waals surface area contributed by atoms with E-state index in [9.17, 15) is 0 Å². The Hall–Kier alpha value is -0.980. The first-order valence-corrected chi connectivity index (χ1v) is 4.67. The van der Waals surface area contributed by atoms with Gasteiger partial charge in [-0.1, -0.05) is 39.5 Å². The van der Waals surface area contributed by atoms with Gasteiger partial charge in [-0.2, -0.15) is 0 Å². The van der Waals surface area contributed by atoms with Gasteiger partial charge in [-0.15, -0.1) is 0 Å². The molecule has 0 N–H and O–H groups in total. The van der Waals surface area contributed by atoms with Crippen molar-refractivity contribution in [1.29, 1.82) is 0 Å². The fourth-order valence-electron chi connectivity index (χ4n) is 1.50. The van der Waals surface area contributed by atoms with Crippen molar-refractivity contribution in [2.45, 2.75) is 27.7 Å². The fraction of sp³-hybridized carbons (Fsp3) is 0.500. The lowest BCUT2D eigenvalue weighted by molar-refractivity contribution is 0.956. The van der Waals surface area contributed by atoms with Crippen LogP contribution in [0.3, 0.4) is 0 Å². The van der Waals surface area contributed by atoms with Gasteiger partial charge in [-0.3, -0.25) is 0 Å². The summed E-state index contributed by atoms with van der Waals surface area (Å²) in [6.45, 7) is 5.18. The molecule has 1 aliphatic rings. The molecule has 13 heavy (non-hydrogen) atoms. The molecule has 1 nitrogen and oxygen atoms in total. The highest BCUT2D eigenvalue weighted by atomic mass is 15.1. The van der Waals surface area contributed by atoms with E-state index in [4.69, 9.17) is 0 Å². The number of rotatable bonds is 0. The Kier molecular flexibility index (Phi) is 5.20. The van der Waals surface area contributed by atoms with Gasteiger partial charge in [-0.25, -0.2) is 0 Å². The fourth-order valence-corrected chi connectivity index (χ4v) is 1.50. The molecular formula is C12H21N. The number of fused-ring (bicyclic) bond motifs is 1. The molecule has 2 rings (SSSR count). The summed E-state index contributed by atoms with van der Waals surface area (Å²) in [7, 11) is 2.14. The van der Waals surface area contributed by atoms with Crippen LogP contribution in [0.4, 0.5) is 5.69 Å². The predicted octanol–water partition coefficient (Wildman–Crippen LogP) is 3.34. The van der Waals surface area contributed by atoms with Crippen LogP contribution in [0.1, 0.15) is 26.8 Å². The van der Waals surface area contributed by atoms with E-state index in [1.54, 1.807) is 0 Å². The summed E-state index contributed by atoms with van der Waals surface area (Å²) < 4.78 is 0. The summed E-state index contributed by atoms with van der Waals surface area (Å²) in [6.07, 6.45) is 1.21. The highest BCUT2D eigenvalue weighted by Crippen LogP contribution is 2.25. The molecule has 1 aromatic rings. The second kappa shape index (κ2) is 5.63. The number of likely N-dealkylation sites (N-methyl/N-ethyl adjacent to an activating group) is 1. The van der Waals surface area contributed by atoms with Gasteiger partial charge < -0.3 is 4.90 Å². The monoisotopic (exact) mass is 179 g/mol. The predicted molar refractivity (Wildman–Crippen MR) is 61.5 cm³/mol. The van der Waals surface area contributed by atoms with Gasteiger partial charge in [0, 0.05) is 19.3 Å². The van der Waals surface area contributed by atoms with Crippen LogP contribution in [0, 0.1) is 0 Å². The van der Waals surface area contributed by atoms with Gasteiger partial charge >= 0.3 is 0 Å². The van der Waals surface area contributed by atoms with Crippen LogP contribution < -0.4 is 4.90 Å². The highest BCUT2D eigenvalue weighted by molar-refractivity contribution is 5.56. The highest BCUT2D eigenvalue weighted by Gasteiger charge is 2.12. The van der Waals surface area contributed by atoms with Crippen molar-refractivity contribution in [1.82, 2.24) is 0 Å². The molecule has 1 heteroatoms. The van der Waals surface area contributed by atoms with Crippen LogP contribution in [-0.2, 0) is 6.42 Å². The van der Waals surface area contributed by atoms with E-state index in [0.717, 1.165) is 0 Å². The third kappa shape index (κ3) is 2.48. The van der Waals surface area contributed by atoms with Crippen molar-refractivity contribution in [3.8, 4) is 0 Å². The summed E-state index contributed by atoms with van der Waals surface area (Å²) in [5, 5.41) is 0. The first kappa shape index (κ1) is 12.0. The zero-order chi connectivity index (χ0) is 8.97. The number of hydrogen-bond donors (Lipinski definition) is 0. The first-order valence-electron chi connectivity index (χ1n) is 4.67. The summed E-state index contributed by atoms with van der Waals surface area (Å²) >= 11 is 0. The topological polar surface area (TPSA) is 3.24 Å². The largest absolute Gasteiger partial charge is 0.374 e. The van der Waals surface area contributed by atoms with Crippen molar-refractivity contribution >= 4 is 5.69 Å². The molecule has 1 heterocycles. The van der Waals surface area contributed by atoms with E-state index in [-0.39, 0.29) is 7.43 Å². The maximum absolute atomic E-state index is 2.30. The molecule has 1 aromatic carbocycles. The number of para-hydroxylation sites is 1. The van der Waals surface area contributed by atoms with Crippen LogP contribution in [0.25, 0.3) is 0 Å². The average Bonchev–Trinajstić information content (AvgIpc) is 2.53. The lowest BCUT2D eigenvalue weighted by Crippen LogP contribution is -2.12. The molecular weight excluding hydrogens is 158 g/mol. The molecule has 0 spiro atoms. The number of benzene rings is 1. The van der Waals surface area contributed by atoms with Crippen LogP contribution in [0.5, 0.6) is 0 Å². The molecule has 0 fully saturated rings. The standard InChI is InChI=1S/C9H11N.C2H6.CH4/c1-10-7-6-8-4-2-3-5-9(8)10;1-2;/h2-5H,6-7H2,1H3;1-2H3;1H4. The lowest BCUT2D eigenvalue weighted by Gasteiger charge is -2.10. The van der Waals surface area contributed by atoms with Crippen molar-refractivity contribution < 1.29 is 0 Å². The van der Waals surface area contributed by atoms with Crippen LogP contribution in [0.2, 0.25) is 0 Å². The minimum atomic E-state index is 0. The van der Waals surface area contributed by atoms with Gasteiger partial charge in [0.1, 0.15) is 0 Å². The van der Waals surface area contributed by atoms with Crippen molar-refractivity contribution in [3.05, 3.63) is 29.8 Å². The van der Waals surface area contributed by atoms with Crippen LogP contribution in [-0.4, -0.2) is 13.6 Å². The zero-order valence-electron chi connectivity index (χ0n) is 8.17. The molecule has 0 amide bonds. The van der Waals surface area contributed by atoms with E-state index >= 15 is 0 Å². The summed E-state index contributed by atoms with van der Waals surface area (Å²) in [5.74, 6) is 0. The number of anilines is 1. The summed E-state index contributed by atoms with van der Waals surface area (Å²) in [4.78, 5) is 2.30. The third-order valence-electron chi connectivity index (χ3n) is 2.12. The Morgan fingerprint density at radius 3 is 2.38 bits per heavy atom. The Morgan fingerprint density at radius 1 is 1.15 bits per heavy atom. The van der Waals surface area contributed by atoms with Gasteiger partial charge in [0.15, 0.2) is 0 Å². The SMILES string of the molecule is C.CC.CN1CCc2ccccc21. The quantitative estimate of drug-likeness (QED) is 0.590. The zero-order valence-corrected chi connectivity index (χ0v) is 8.17. The second-order valence-electron chi connectivity index (χ2n) is 2.80. The Balaban J connectivity index is 0.000000451. The lowest BCUT2D eigenvalue weighted by atomic mass is 10.2. The maximum atomic E-state index is 2.30. The van der Waals surface area contributed by atoms with E-state index in [1.807, 2.05) is 13.8 Å². The minimum Gasteiger partial charge on any atom is -0.374 e. The smallest absolute Gasteiger partial charge is 0.0396 e. The second-order valence-corrected chi connectivity index (χ2v) is 2.80. The van der Waals surface area contributed by atoms with Crippen LogP contribution in [0.15, 0.2) is 24.3 Å². The molecule has 0 bridgehead atoms. The maximum Gasteiger partial charge on any atom is 0.0396 e. The van der Waals surface area contributed by atoms with Crippen LogP contribution >= 0.6 is 0 Å².